The third-order valence-electron chi connectivity index (χ3n) is 3.36. The molecule has 0 fully saturated rings. The molecule has 1 aromatic rings. The second kappa shape index (κ2) is 5.18. The summed E-state index contributed by atoms with van der Waals surface area (Å²) < 4.78 is 0. The molecule has 1 aromatic carbocycles. The third kappa shape index (κ3) is 2.21. The van der Waals surface area contributed by atoms with Crippen molar-refractivity contribution in [1.29, 1.82) is 10.5 Å². The van der Waals surface area contributed by atoms with Crippen LogP contribution >= 0.6 is 11.6 Å². The highest BCUT2D eigenvalue weighted by Crippen LogP contribution is 2.40. The summed E-state index contributed by atoms with van der Waals surface area (Å²) in [7, 11) is 0. The second-order valence-corrected chi connectivity index (χ2v) is 4.89. The Bertz CT molecular complexity index is 671. The van der Waals surface area contributed by atoms with Crippen molar-refractivity contribution in [2.75, 3.05) is 0 Å². The average molecular weight is 270 g/mol. The van der Waals surface area contributed by atoms with E-state index in [0.29, 0.717) is 22.6 Å². The molecule has 1 aliphatic rings. The molecule has 0 spiro atoms. The summed E-state index contributed by atoms with van der Waals surface area (Å²) in [4.78, 5) is 0. The highest BCUT2D eigenvalue weighted by Gasteiger charge is 2.28. The molecule has 2 N–H and O–H groups in total. The summed E-state index contributed by atoms with van der Waals surface area (Å²) in [6.07, 6.45) is 0.593. The highest BCUT2D eigenvalue weighted by atomic mass is 35.5. The number of hydrogen-bond acceptors (Lipinski definition) is 3. The SMILES string of the molecule is CC1=C(C#N)C(N)=C(C#N)C(c2ccccc2Cl)C1. The summed E-state index contributed by atoms with van der Waals surface area (Å²) in [5.74, 6) is -0.171. The third-order valence-corrected chi connectivity index (χ3v) is 3.70. The van der Waals surface area contributed by atoms with Gasteiger partial charge in [0, 0.05) is 10.9 Å². The van der Waals surface area contributed by atoms with Crippen LogP contribution in [-0.4, -0.2) is 0 Å². The molecule has 1 atom stereocenters. The first kappa shape index (κ1) is 13.2. The van der Waals surface area contributed by atoms with Crippen molar-refractivity contribution in [3.63, 3.8) is 0 Å². The second-order valence-electron chi connectivity index (χ2n) is 4.48. The van der Waals surface area contributed by atoms with Gasteiger partial charge < -0.3 is 5.73 Å². The van der Waals surface area contributed by atoms with Gasteiger partial charge in [-0.3, -0.25) is 0 Å². The van der Waals surface area contributed by atoms with Crippen LogP contribution in [0.4, 0.5) is 0 Å². The standard InChI is InChI=1S/C15H12ClN3/c1-9-6-11(10-4-2-3-5-14(10)16)13(8-18)15(19)12(9)7-17/h2-5,11H,6,19H2,1H3. The van der Waals surface area contributed by atoms with Gasteiger partial charge in [0.05, 0.1) is 22.9 Å². The predicted molar refractivity (Wildman–Crippen MR) is 73.9 cm³/mol. The molecule has 1 aliphatic carbocycles. The van der Waals surface area contributed by atoms with Crippen molar-refractivity contribution in [3.8, 4) is 12.1 Å². The fourth-order valence-electron chi connectivity index (χ4n) is 2.38. The first-order chi connectivity index (χ1) is 9.10. The van der Waals surface area contributed by atoms with Crippen LogP contribution in [0.1, 0.15) is 24.8 Å². The molecule has 19 heavy (non-hydrogen) atoms. The minimum Gasteiger partial charge on any atom is -0.397 e. The Morgan fingerprint density at radius 3 is 2.53 bits per heavy atom. The van der Waals surface area contributed by atoms with Crippen LogP contribution in [0.5, 0.6) is 0 Å². The smallest absolute Gasteiger partial charge is 0.101 e. The molecule has 1 unspecified atom stereocenters. The quantitative estimate of drug-likeness (QED) is 0.849. The topological polar surface area (TPSA) is 73.6 Å². The van der Waals surface area contributed by atoms with Crippen LogP contribution in [-0.2, 0) is 0 Å². The van der Waals surface area contributed by atoms with Crippen molar-refractivity contribution < 1.29 is 0 Å². The summed E-state index contributed by atoms with van der Waals surface area (Å²) in [5, 5.41) is 19.0. The van der Waals surface area contributed by atoms with Gasteiger partial charge in [0.1, 0.15) is 6.07 Å². The molecule has 0 aliphatic heterocycles. The van der Waals surface area contributed by atoms with Gasteiger partial charge >= 0.3 is 0 Å². The lowest BCUT2D eigenvalue weighted by molar-refractivity contribution is 0.764. The molecule has 0 heterocycles. The minimum absolute atomic E-state index is 0.171. The Morgan fingerprint density at radius 2 is 1.95 bits per heavy atom. The first-order valence-electron chi connectivity index (χ1n) is 5.84. The maximum Gasteiger partial charge on any atom is 0.101 e. The van der Waals surface area contributed by atoms with E-state index in [2.05, 4.69) is 12.1 Å². The number of nitrogens with zero attached hydrogens (tertiary/aromatic N) is 2. The number of hydrogen-bond donors (Lipinski definition) is 1. The Labute approximate surface area is 117 Å². The van der Waals surface area contributed by atoms with Gasteiger partial charge in [0.25, 0.3) is 0 Å². The zero-order chi connectivity index (χ0) is 14.0. The van der Waals surface area contributed by atoms with Crippen molar-refractivity contribution in [1.82, 2.24) is 0 Å². The Hall–Kier alpha value is -2.23. The molecule has 0 radical (unpaired) electrons. The minimum atomic E-state index is -0.171. The Morgan fingerprint density at radius 1 is 1.26 bits per heavy atom. The lowest BCUT2D eigenvalue weighted by Gasteiger charge is -2.25. The maximum atomic E-state index is 9.32. The molecule has 0 saturated heterocycles. The lowest BCUT2D eigenvalue weighted by Crippen LogP contribution is -2.17. The molecule has 4 heteroatoms. The van der Waals surface area contributed by atoms with E-state index in [0.717, 1.165) is 11.1 Å². The van der Waals surface area contributed by atoms with Crippen molar-refractivity contribution in [2.24, 2.45) is 5.73 Å². The van der Waals surface area contributed by atoms with Gasteiger partial charge in [-0.25, -0.2) is 0 Å². The number of nitrogens with two attached hydrogens (primary N) is 1. The normalized spacial score (nSPS) is 19.1. The van der Waals surface area contributed by atoms with Gasteiger partial charge in [0.2, 0.25) is 0 Å². The zero-order valence-electron chi connectivity index (χ0n) is 10.4. The highest BCUT2D eigenvalue weighted by molar-refractivity contribution is 6.31. The molecule has 94 valence electrons. The van der Waals surface area contributed by atoms with E-state index in [-0.39, 0.29) is 11.6 Å². The van der Waals surface area contributed by atoms with Crippen molar-refractivity contribution in [2.45, 2.75) is 19.3 Å². The summed E-state index contributed by atoms with van der Waals surface area (Å²) in [6.45, 7) is 1.86. The van der Waals surface area contributed by atoms with E-state index < -0.39 is 0 Å². The number of benzene rings is 1. The van der Waals surface area contributed by atoms with Crippen LogP contribution in [0, 0.1) is 22.7 Å². The van der Waals surface area contributed by atoms with E-state index in [1.54, 1.807) is 6.07 Å². The number of nitriles is 2. The first-order valence-corrected chi connectivity index (χ1v) is 6.22. The van der Waals surface area contributed by atoms with Crippen LogP contribution in [0.15, 0.2) is 46.7 Å². The predicted octanol–water partition coefficient (Wildman–Crippen LogP) is 3.40. The van der Waals surface area contributed by atoms with E-state index in [4.69, 9.17) is 22.6 Å². The van der Waals surface area contributed by atoms with Gasteiger partial charge in [-0.05, 0) is 25.0 Å². The van der Waals surface area contributed by atoms with Gasteiger partial charge in [0.15, 0.2) is 0 Å². The number of halogens is 1. The Kier molecular flexibility index (Phi) is 3.60. The van der Waals surface area contributed by atoms with Crippen LogP contribution in [0.2, 0.25) is 5.02 Å². The largest absolute Gasteiger partial charge is 0.397 e. The summed E-state index contributed by atoms with van der Waals surface area (Å²) in [5.41, 5.74) is 8.83. The van der Waals surface area contributed by atoms with E-state index in [1.165, 1.54) is 0 Å². The van der Waals surface area contributed by atoms with Crippen LogP contribution < -0.4 is 5.73 Å². The summed E-state index contributed by atoms with van der Waals surface area (Å²) >= 11 is 6.19. The molecule has 0 amide bonds. The van der Waals surface area contributed by atoms with Crippen LogP contribution in [0.25, 0.3) is 0 Å². The molecule has 0 saturated carbocycles. The average Bonchev–Trinajstić information content (AvgIpc) is 2.39. The molecule has 0 bridgehead atoms. The van der Waals surface area contributed by atoms with Crippen molar-refractivity contribution in [3.05, 3.63) is 57.3 Å². The fraction of sp³-hybridized carbons (Fsp3) is 0.200. The van der Waals surface area contributed by atoms with E-state index in [1.807, 2.05) is 25.1 Å². The molecular formula is C15H12ClN3. The lowest BCUT2D eigenvalue weighted by atomic mass is 9.79. The monoisotopic (exact) mass is 269 g/mol. The van der Waals surface area contributed by atoms with Gasteiger partial charge in [-0.15, -0.1) is 0 Å². The number of rotatable bonds is 1. The van der Waals surface area contributed by atoms with E-state index in [9.17, 15) is 5.26 Å². The van der Waals surface area contributed by atoms with Gasteiger partial charge in [-0.1, -0.05) is 35.4 Å². The zero-order valence-corrected chi connectivity index (χ0v) is 11.2. The van der Waals surface area contributed by atoms with Crippen molar-refractivity contribution >= 4 is 11.6 Å². The molecule has 3 nitrogen and oxygen atoms in total. The molecule has 2 rings (SSSR count). The summed E-state index contributed by atoms with van der Waals surface area (Å²) in [6, 6.07) is 11.6. The van der Waals surface area contributed by atoms with Crippen LogP contribution in [0.3, 0.4) is 0 Å². The molecular weight excluding hydrogens is 258 g/mol. The van der Waals surface area contributed by atoms with E-state index >= 15 is 0 Å². The maximum absolute atomic E-state index is 9.32. The molecule has 0 aromatic heterocycles. The number of allylic oxidation sites excluding steroid dienone is 3. The van der Waals surface area contributed by atoms with Gasteiger partial charge in [-0.2, -0.15) is 10.5 Å². The Balaban J connectivity index is 2.59. The fourth-order valence-corrected chi connectivity index (χ4v) is 2.65.